The Morgan fingerprint density at radius 1 is 1.02 bits per heavy atom. The summed E-state index contributed by atoms with van der Waals surface area (Å²) in [4.78, 5) is 27.5. The molecule has 1 saturated heterocycles. The first-order valence-corrected chi connectivity index (χ1v) is 15.0. The van der Waals surface area contributed by atoms with Gasteiger partial charge in [-0.2, -0.15) is 0 Å². The quantitative estimate of drug-likeness (QED) is 0.147. The van der Waals surface area contributed by atoms with Gasteiger partial charge in [-0.25, -0.2) is 0 Å². The van der Waals surface area contributed by atoms with Gasteiger partial charge in [0.25, 0.3) is 11.1 Å². The molecule has 4 rings (SSSR count). The number of thioether (sulfide) groups is 1. The summed E-state index contributed by atoms with van der Waals surface area (Å²) in [5.74, 6) is 1.91. The van der Waals surface area contributed by atoms with Crippen molar-refractivity contribution < 1.29 is 23.8 Å². The molecule has 0 saturated carbocycles. The standard InChI is InChI=1S/C33H34BrNO5S/c1-6-7-25-17-24(18-29(38-5)31(25)40-20-23-9-11-26(34)12-10-23)19-30-32(36)35(33(37)41-30)14-15-39-28-16-22(4)8-13-27(28)21(2)3/h6,8-13,16-19,21H,1,7,14-15,20H2,2-5H3/b30-19-. The molecule has 1 fully saturated rings. The molecule has 0 bridgehead atoms. The number of hydrogen-bond acceptors (Lipinski definition) is 6. The third-order valence-corrected chi connectivity index (χ3v) is 8.01. The van der Waals surface area contributed by atoms with Crippen LogP contribution in [-0.4, -0.2) is 36.3 Å². The van der Waals surface area contributed by atoms with E-state index in [1.165, 1.54) is 4.90 Å². The summed E-state index contributed by atoms with van der Waals surface area (Å²) in [5.41, 5.74) is 4.81. The maximum absolute atomic E-state index is 13.2. The lowest BCUT2D eigenvalue weighted by Crippen LogP contribution is -2.32. The number of benzene rings is 3. The van der Waals surface area contributed by atoms with Gasteiger partial charge in [0.05, 0.1) is 18.6 Å². The molecule has 41 heavy (non-hydrogen) atoms. The summed E-state index contributed by atoms with van der Waals surface area (Å²) in [5, 5.41) is -0.314. The Morgan fingerprint density at radius 3 is 2.46 bits per heavy atom. The molecule has 0 N–H and O–H groups in total. The SMILES string of the molecule is C=CCc1cc(/C=C2\SC(=O)N(CCOc3cc(C)ccc3C(C)C)C2=O)cc(OC)c1OCc1ccc(Br)cc1. The number of carbonyl (C=O) groups is 2. The molecule has 0 spiro atoms. The second-order valence-electron chi connectivity index (χ2n) is 10.00. The zero-order valence-electron chi connectivity index (χ0n) is 23.7. The zero-order valence-corrected chi connectivity index (χ0v) is 26.1. The van der Waals surface area contributed by atoms with E-state index in [2.05, 4.69) is 48.5 Å². The Labute approximate surface area is 254 Å². The Kier molecular flexibility index (Phi) is 10.3. The van der Waals surface area contributed by atoms with Crippen LogP contribution in [0.3, 0.4) is 0 Å². The first kappa shape index (κ1) is 30.5. The molecule has 0 atom stereocenters. The van der Waals surface area contributed by atoms with Crippen LogP contribution in [0.5, 0.6) is 17.2 Å². The molecule has 1 aliphatic heterocycles. The summed E-state index contributed by atoms with van der Waals surface area (Å²) in [6.07, 6.45) is 4.05. The summed E-state index contributed by atoms with van der Waals surface area (Å²) < 4.78 is 18.9. The zero-order chi connectivity index (χ0) is 29.5. The number of hydrogen-bond donors (Lipinski definition) is 0. The van der Waals surface area contributed by atoms with Crippen molar-refractivity contribution in [1.82, 2.24) is 4.90 Å². The number of nitrogens with zero attached hydrogens (tertiary/aromatic N) is 1. The highest BCUT2D eigenvalue weighted by molar-refractivity contribution is 9.10. The fraction of sp³-hybridized carbons (Fsp3) is 0.273. The van der Waals surface area contributed by atoms with Crippen molar-refractivity contribution in [3.63, 3.8) is 0 Å². The molecule has 0 radical (unpaired) electrons. The maximum atomic E-state index is 13.2. The largest absolute Gasteiger partial charge is 0.493 e. The van der Waals surface area contributed by atoms with Crippen LogP contribution in [-0.2, 0) is 17.8 Å². The number of halogens is 1. The number of carbonyl (C=O) groups excluding carboxylic acids is 2. The van der Waals surface area contributed by atoms with Gasteiger partial charge in [0.1, 0.15) is 19.0 Å². The minimum Gasteiger partial charge on any atom is -0.493 e. The van der Waals surface area contributed by atoms with Crippen LogP contribution in [0, 0.1) is 6.92 Å². The Morgan fingerprint density at radius 2 is 1.78 bits per heavy atom. The number of aryl methyl sites for hydroxylation is 1. The van der Waals surface area contributed by atoms with Gasteiger partial charge in [-0.3, -0.25) is 14.5 Å². The lowest BCUT2D eigenvalue weighted by atomic mass is 10.0. The summed E-state index contributed by atoms with van der Waals surface area (Å²) in [6.45, 7) is 10.9. The van der Waals surface area contributed by atoms with Crippen molar-refractivity contribution in [2.45, 2.75) is 39.7 Å². The van der Waals surface area contributed by atoms with Crippen LogP contribution in [0.1, 0.15) is 47.6 Å². The van der Waals surface area contributed by atoms with Gasteiger partial charge >= 0.3 is 0 Å². The number of amides is 2. The summed E-state index contributed by atoms with van der Waals surface area (Å²) in [7, 11) is 1.58. The molecule has 8 heteroatoms. The van der Waals surface area contributed by atoms with Gasteiger partial charge in [0, 0.05) is 10.0 Å². The molecule has 3 aromatic rings. The lowest BCUT2D eigenvalue weighted by molar-refractivity contribution is -0.123. The topological polar surface area (TPSA) is 65.1 Å². The van der Waals surface area contributed by atoms with E-state index in [-0.39, 0.29) is 24.3 Å². The molecule has 1 heterocycles. The molecule has 3 aromatic carbocycles. The average Bonchev–Trinajstić information content (AvgIpc) is 3.20. The van der Waals surface area contributed by atoms with E-state index >= 15 is 0 Å². The molecular formula is C33H34BrNO5S. The molecule has 0 aliphatic carbocycles. The fourth-order valence-corrected chi connectivity index (χ4v) is 5.59. The van der Waals surface area contributed by atoms with Gasteiger partial charge in [0.2, 0.25) is 0 Å². The second-order valence-corrected chi connectivity index (χ2v) is 11.9. The van der Waals surface area contributed by atoms with Crippen molar-refractivity contribution in [2.75, 3.05) is 20.3 Å². The van der Waals surface area contributed by atoms with Crippen molar-refractivity contribution in [3.05, 3.63) is 104 Å². The van der Waals surface area contributed by atoms with Gasteiger partial charge in [-0.1, -0.05) is 60.1 Å². The minimum atomic E-state index is -0.336. The molecule has 2 amide bonds. The molecule has 1 aliphatic rings. The van der Waals surface area contributed by atoms with Gasteiger partial charge in [-0.15, -0.1) is 6.58 Å². The Bertz CT molecular complexity index is 1470. The first-order chi connectivity index (χ1) is 19.7. The summed E-state index contributed by atoms with van der Waals surface area (Å²) >= 11 is 4.38. The van der Waals surface area contributed by atoms with Crippen LogP contribution in [0.4, 0.5) is 4.79 Å². The molecular weight excluding hydrogens is 602 g/mol. The van der Waals surface area contributed by atoms with E-state index < -0.39 is 0 Å². The third-order valence-electron chi connectivity index (χ3n) is 6.57. The van der Waals surface area contributed by atoms with E-state index in [1.54, 1.807) is 19.3 Å². The van der Waals surface area contributed by atoms with Gasteiger partial charge in [-0.05, 0) is 89.7 Å². The predicted molar refractivity (Wildman–Crippen MR) is 169 cm³/mol. The van der Waals surface area contributed by atoms with E-state index in [4.69, 9.17) is 14.2 Å². The second kappa shape index (κ2) is 13.9. The van der Waals surface area contributed by atoms with Gasteiger partial charge in [0.15, 0.2) is 11.5 Å². The first-order valence-electron chi connectivity index (χ1n) is 13.4. The van der Waals surface area contributed by atoms with E-state index in [9.17, 15) is 9.59 Å². The third kappa shape index (κ3) is 7.63. The van der Waals surface area contributed by atoms with Crippen LogP contribution < -0.4 is 14.2 Å². The molecule has 0 unspecified atom stereocenters. The highest BCUT2D eigenvalue weighted by atomic mass is 79.9. The normalized spacial score (nSPS) is 14.2. The number of imide groups is 1. The molecule has 0 aromatic heterocycles. The highest BCUT2D eigenvalue weighted by Gasteiger charge is 2.35. The number of ether oxygens (including phenoxy) is 3. The predicted octanol–water partition coefficient (Wildman–Crippen LogP) is 8.31. The average molecular weight is 637 g/mol. The van der Waals surface area contributed by atoms with E-state index in [0.717, 1.165) is 49.8 Å². The van der Waals surface area contributed by atoms with E-state index in [0.29, 0.717) is 35.3 Å². The van der Waals surface area contributed by atoms with Gasteiger partial charge < -0.3 is 14.2 Å². The lowest BCUT2D eigenvalue weighted by Gasteiger charge is -2.17. The fourth-order valence-electron chi connectivity index (χ4n) is 4.46. The van der Waals surface area contributed by atoms with Crippen LogP contribution in [0.2, 0.25) is 0 Å². The van der Waals surface area contributed by atoms with Crippen molar-refractivity contribution in [1.29, 1.82) is 0 Å². The van der Waals surface area contributed by atoms with E-state index in [1.807, 2.05) is 49.4 Å². The summed E-state index contributed by atoms with van der Waals surface area (Å²) in [6, 6.07) is 17.8. The van der Waals surface area contributed by atoms with Crippen molar-refractivity contribution >= 4 is 44.9 Å². The minimum absolute atomic E-state index is 0.168. The van der Waals surface area contributed by atoms with Crippen molar-refractivity contribution in [3.8, 4) is 17.2 Å². The van der Waals surface area contributed by atoms with Crippen LogP contribution in [0.25, 0.3) is 6.08 Å². The number of rotatable bonds is 12. The number of allylic oxidation sites excluding steroid dienone is 1. The van der Waals surface area contributed by atoms with Crippen LogP contribution >= 0.6 is 27.7 Å². The molecule has 214 valence electrons. The molecule has 6 nitrogen and oxygen atoms in total. The number of methoxy groups -OCH3 is 1. The Balaban J connectivity index is 1.49. The highest BCUT2D eigenvalue weighted by Crippen LogP contribution is 2.38. The van der Waals surface area contributed by atoms with Crippen LogP contribution in [0.15, 0.2) is 76.6 Å². The van der Waals surface area contributed by atoms with Crippen molar-refractivity contribution in [2.24, 2.45) is 0 Å². The Hall–Kier alpha value is -3.49. The maximum Gasteiger partial charge on any atom is 0.293 e. The smallest absolute Gasteiger partial charge is 0.293 e. The monoisotopic (exact) mass is 635 g/mol.